The van der Waals surface area contributed by atoms with E-state index >= 15 is 0 Å². The number of aromatic amines is 1. The predicted molar refractivity (Wildman–Crippen MR) is 93.6 cm³/mol. The molecule has 3 rings (SSSR count). The van der Waals surface area contributed by atoms with Crippen LogP contribution in [0, 0.1) is 22.0 Å². The van der Waals surface area contributed by atoms with Crippen molar-refractivity contribution in [1.82, 2.24) is 4.98 Å². The molecule has 2 aromatic carbocycles. The van der Waals surface area contributed by atoms with Crippen molar-refractivity contribution in [3.05, 3.63) is 64.2 Å². The third kappa shape index (κ3) is 3.29. The lowest BCUT2D eigenvalue weighted by Crippen LogP contribution is -2.14. The van der Waals surface area contributed by atoms with Crippen molar-refractivity contribution in [3.63, 3.8) is 0 Å². The molecular weight excluding hydrogens is 304 g/mol. The van der Waals surface area contributed by atoms with Gasteiger partial charge < -0.3 is 10.1 Å². The molecule has 5 heteroatoms. The minimum atomic E-state index is -1.16. The fourth-order valence-electron chi connectivity index (χ4n) is 2.44. The molecule has 2 N–H and O–H groups in total. The Labute approximate surface area is 139 Å². The number of benzene rings is 2. The van der Waals surface area contributed by atoms with E-state index in [-0.39, 0.29) is 5.69 Å². The molecule has 0 unspecified atom stereocenters. The van der Waals surface area contributed by atoms with Crippen LogP contribution in [0.25, 0.3) is 22.2 Å². The summed E-state index contributed by atoms with van der Waals surface area (Å²) in [5, 5.41) is 21.8. The van der Waals surface area contributed by atoms with Gasteiger partial charge in [0.1, 0.15) is 11.1 Å². The van der Waals surface area contributed by atoms with Crippen LogP contribution in [0.2, 0.25) is 0 Å². The number of aliphatic hydroxyl groups is 1. The molecule has 0 radical (unpaired) electrons. The summed E-state index contributed by atoms with van der Waals surface area (Å²) < 4.78 is 0. The van der Waals surface area contributed by atoms with E-state index in [4.69, 9.17) is 0 Å². The highest BCUT2D eigenvalue weighted by Gasteiger charge is 2.17. The van der Waals surface area contributed by atoms with Crippen LogP contribution in [-0.2, 0) is 0 Å². The summed E-state index contributed by atoms with van der Waals surface area (Å²) in [6, 6.07) is 14.7. The number of nitrogens with one attached hydrogen (secondary N) is 1. The second-order valence-electron chi connectivity index (χ2n) is 6.07. The standard InChI is InChI=1S/C19H16N2O3/c1-19(2,22)9-8-13-10-15-12-16(14-6-4-3-5-7-14)20-18(15)17(11-13)21(23)24/h3-7,10-12,20,22H,1-2H3. The second-order valence-corrected chi connectivity index (χ2v) is 6.07. The smallest absolute Gasteiger partial charge is 0.294 e. The zero-order valence-corrected chi connectivity index (χ0v) is 13.3. The van der Waals surface area contributed by atoms with Crippen LogP contribution in [0.5, 0.6) is 0 Å². The summed E-state index contributed by atoms with van der Waals surface area (Å²) in [6.07, 6.45) is 0. The number of H-pyrrole nitrogens is 1. The zero-order chi connectivity index (χ0) is 17.3. The van der Waals surface area contributed by atoms with Gasteiger partial charge in [0.05, 0.1) is 4.92 Å². The van der Waals surface area contributed by atoms with Crippen molar-refractivity contribution >= 4 is 16.6 Å². The third-order valence-corrected chi connectivity index (χ3v) is 3.50. The monoisotopic (exact) mass is 320 g/mol. The van der Waals surface area contributed by atoms with Crippen molar-refractivity contribution in [2.75, 3.05) is 0 Å². The van der Waals surface area contributed by atoms with E-state index in [2.05, 4.69) is 16.8 Å². The van der Waals surface area contributed by atoms with Crippen molar-refractivity contribution in [2.45, 2.75) is 19.4 Å². The number of hydrogen-bond acceptors (Lipinski definition) is 3. The van der Waals surface area contributed by atoms with Crippen LogP contribution in [0.3, 0.4) is 0 Å². The number of non-ortho nitro benzene ring substituents is 1. The van der Waals surface area contributed by atoms with Gasteiger partial charge in [-0.1, -0.05) is 42.2 Å². The molecule has 1 heterocycles. The van der Waals surface area contributed by atoms with E-state index in [1.165, 1.54) is 6.07 Å². The molecule has 0 aliphatic rings. The van der Waals surface area contributed by atoms with E-state index in [0.29, 0.717) is 16.5 Å². The molecule has 0 atom stereocenters. The Kier molecular flexibility index (Phi) is 3.84. The lowest BCUT2D eigenvalue weighted by Gasteiger charge is -2.05. The largest absolute Gasteiger partial charge is 0.378 e. The first kappa shape index (κ1) is 15.8. The number of hydrogen-bond donors (Lipinski definition) is 2. The Morgan fingerprint density at radius 3 is 2.50 bits per heavy atom. The van der Waals surface area contributed by atoms with E-state index in [1.54, 1.807) is 19.9 Å². The Bertz CT molecular complexity index is 971. The fraction of sp³-hybridized carbons (Fsp3) is 0.158. The predicted octanol–water partition coefficient (Wildman–Crippen LogP) is 3.87. The molecule has 0 saturated heterocycles. The highest BCUT2D eigenvalue weighted by Crippen LogP contribution is 2.31. The van der Waals surface area contributed by atoms with Gasteiger partial charge in [0, 0.05) is 22.7 Å². The van der Waals surface area contributed by atoms with Gasteiger partial charge in [-0.25, -0.2) is 0 Å². The number of nitrogens with zero attached hydrogens (tertiary/aromatic N) is 1. The summed E-state index contributed by atoms with van der Waals surface area (Å²) in [5.41, 5.74) is 1.53. The minimum Gasteiger partial charge on any atom is -0.378 e. The maximum Gasteiger partial charge on any atom is 0.294 e. The molecule has 5 nitrogen and oxygen atoms in total. The Balaban J connectivity index is 2.18. The fourth-order valence-corrected chi connectivity index (χ4v) is 2.44. The molecule has 0 bridgehead atoms. The van der Waals surface area contributed by atoms with Gasteiger partial charge >= 0.3 is 0 Å². The Morgan fingerprint density at radius 2 is 1.88 bits per heavy atom. The van der Waals surface area contributed by atoms with Gasteiger partial charge in [0.15, 0.2) is 0 Å². The number of aromatic nitrogens is 1. The average Bonchev–Trinajstić information content (AvgIpc) is 2.96. The Hall–Kier alpha value is -3.10. The lowest BCUT2D eigenvalue weighted by molar-refractivity contribution is -0.383. The molecule has 0 spiro atoms. The molecule has 1 aromatic heterocycles. The molecule has 120 valence electrons. The highest BCUT2D eigenvalue weighted by atomic mass is 16.6. The molecule has 0 aliphatic carbocycles. The van der Waals surface area contributed by atoms with E-state index < -0.39 is 10.5 Å². The molecule has 24 heavy (non-hydrogen) atoms. The number of rotatable bonds is 2. The second kappa shape index (κ2) is 5.84. The number of nitro benzene ring substituents is 1. The molecule has 0 fully saturated rings. The van der Waals surface area contributed by atoms with Crippen LogP contribution < -0.4 is 0 Å². The minimum absolute atomic E-state index is 0.0327. The number of nitro groups is 1. The van der Waals surface area contributed by atoms with Gasteiger partial charge in [-0.2, -0.15) is 0 Å². The maximum atomic E-state index is 11.4. The average molecular weight is 320 g/mol. The first-order valence-corrected chi connectivity index (χ1v) is 7.46. The molecule has 0 saturated carbocycles. The van der Waals surface area contributed by atoms with Crippen LogP contribution >= 0.6 is 0 Å². The van der Waals surface area contributed by atoms with E-state index in [0.717, 1.165) is 11.3 Å². The lowest BCUT2D eigenvalue weighted by atomic mass is 10.1. The van der Waals surface area contributed by atoms with Crippen molar-refractivity contribution in [2.24, 2.45) is 0 Å². The van der Waals surface area contributed by atoms with Gasteiger partial charge in [0.25, 0.3) is 5.69 Å². The molecule has 0 amide bonds. The number of fused-ring (bicyclic) bond motifs is 1. The van der Waals surface area contributed by atoms with Gasteiger partial charge in [0.2, 0.25) is 0 Å². The Morgan fingerprint density at radius 1 is 1.17 bits per heavy atom. The molecular formula is C19H16N2O3. The van der Waals surface area contributed by atoms with Crippen LogP contribution in [0.1, 0.15) is 19.4 Å². The van der Waals surface area contributed by atoms with Crippen molar-refractivity contribution in [3.8, 4) is 23.1 Å². The van der Waals surface area contributed by atoms with Crippen molar-refractivity contribution in [1.29, 1.82) is 0 Å². The van der Waals surface area contributed by atoms with Gasteiger partial charge in [-0.05, 0) is 31.5 Å². The summed E-state index contributed by atoms with van der Waals surface area (Å²) in [6.45, 7) is 3.13. The molecule has 3 aromatic rings. The molecule has 0 aliphatic heterocycles. The van der Waals surface area contributed by atoms with E-state index in [9.17, 15) is 15.2 Å². The topological polar surface area (TPSA) is 79.2 Å². The first-order valence-electron chi connectivity index (χ1n) is 7.46. The highest BCUT2D eigenvalue weighted by molar-refractivity contribution is 5.93. The van der Waals surface area contributed by atoms with Gasteiger partial charge in [-0.15, -0.1) is 0 Å². The summed E-state index contributed by atoms with van der Waals surface area (Å²) in [4.78, 5) is 14.1. The third-order valence-electron chi connectivity index (χ3n) is 3.50. The first-order chi connectivity index (χ1) is 11.3. The van der Waals surface area contributed by atoms with Crippen LogP contribution in [0.15, 0.2) is 48.5 Å². The van der Waals surface area contributed by atoms with Gasteiger partial charge in [-0.3, -0.25) is 10.1 Å². The maximum absolute atomic E-state index is 11.4. The summed E-state index contributed by atoms with van der Waals surface area (Å²) >= 11 is 0. The summed E-state index contributed by atoms with van der Waals surface area (Å²) in [7, 11) is 0. The van der Waals surface area contributed by atoms with Crippen molar-refractivity contribution < 1.29 is 10.0 Å². The van der Waals surface area contributed by atoms with Crippen LogP contribution in [-0.4, -0.2) is 20.6 Å². The zero-order valence-electron chi connectivity index (χ0n) is 13.3. The summed E-state index contributed by atoms with van der Waals surface area (Å²) in [5.74, 6) is 5.48. The SMILES string of the molecule is CC(C)(O)C#Cc1cc([N+](=O)[O-])c2[nH]c(-c3ccccc3)cc2c1. The quantitative estimate of drug-likeness (QED) is 0.427. The normalized spacial score (nSPS) is 11.1. The van der Waals surface area contributed by atoms with E-state index in [1.807, 2.05) is 36.4 Å². The van der Waals surface area contributed by atoms with Crippen LogP contribution in [0.4, 0.5) is 5.69 Å².